The molecule has 0 N–H and O–H groups in total. The number of ether oxygens (including phenoxy) is 1. The van der Waals surface area contributed by atoms with Crippen molar-refractivity contribution in [2.75, 3.05) is 12.9 Å². The van der Waals surface area contributed by atoms with Crippen LogP contribution in [0.15, 0.2) is 24.3 Å². The molecule has 1 rings (SSSR count). The minimum absolute atomic E-state index is 0.223. The summed E-state index contributed by atoms with van der Waals surface area (Å²) >= 11 is 3.71. The molecule has 0 saturated carbocycles. The second kappa shape index (κ2) is 10.5. The summed E-state index contributed by atoms with van der Waals surface area (Å²) in [7, 11) is 1.44. The summed E-state index contributed by atoms with van der Waals surface area (Å²) < 4.78 is 5.68. The molecule has 1 nitrogen and oxygen atoms in total. The molecule has 1 aromatic rings. The maximum Gasteiger partial charge on any atom is 0.119 e. The van der Waals surface area contributed by atoms with Crippen molar-refractivity contribution >= 4 is 22.5 Å². The zero-order valence-electron chi connectivity index (χ0n) is 12.9. The Morgan fingerprint density at radius 1 is 1.11 bits per heavy atom. The van der Waals surface area contributed by atoms with Crippen LogP contribution in [-0.2, 0) is 5.41 Å². The molecule has 0 aliphatic heterocycles. The van der Waals surface area contributed by atoms with Crippen LogP contribution in [0.1, 0.15) is 52.5 Å². The lowest BCUT2D eigenvalue weighted by atomic mass is 9.87. The molecule has 3 heteroatoms. The first-order valence-corrected chi connectivity index (χ1v) is 9.14. The van der Waals surface area contributed by atoms with Crippen molar-refractivity contribution in [2.45, 2.75) is 52.4 Å². The predicted molar refractivity (Wildman–Crippen MR) is 92.7 cm³/mol. The molecule has 0 unspecified atom stereocenters. The summed E-state index contributed by atoms with van der Waals surface area (Å²) in [4.78, 5) is 0. The van der Waals surface area contributed by atoms with Crippen molar-refractivity contribution in [3.8, 4) is 5.75 Å². The molecule has 0 aliphatic carbocycles. The summed E-state index contributed by atoms with van der Waals surface area (Å²) in [6.45, 7) is 9.72. The highest BCUT2D eigenvalue weighted by molar-refractivity contribution is 8.68. The first-order chi connectivity index (χ1) is 8.95. The third-order valence-corrected chi connectivity index (χ3v) is 2.74. The molecule has 0 spiro atoms. The third-order valence-electron chi connectivity index (χ3n) is 2.74. The average Bonchev–Trinajstić information content (AvgIpc) is 2.35. The highest BCUT2D eigenvalue weighted by atomic mass is 33.1. The van der Waals surface area contributed by atoms with Crippen LogP contribution in [0.25, 0.3) is 0 Å². The van der Waals surface area contributed by atoms with Gasteiger partial charge in [-0.15, -0.1) is 22.5 Å². The smallest absolute Gasteiger partial charge is 0.119 e. The normalized spacial score (nSPS) is 10.6. The van der Waals surface area contributed by atoms with E-state index in [0.29, 0.717) is 0 Å². The van der Waals surface area contributed by atoms with E-state index >= 15 is 0 Å². The van der Waals surface area contributed by atoms with Gasteiger partial charge in [0.25, 0.3) is 0 Å². The molecule has 0 atom stereocenters. The first-order valence-electron chi connectivity index (χ1n) is 6.86. The van der Waals surface area contributed by atoms with Gasteiger partial charge in [0.2, 0.25) is 0 Å². The molecule has 0 aromatic heterocycles. The van der Waals surface area contributed by atoms with Gasteiger partial charge >= 0.3 is 0 Å². The molecule has 1 aromatic carbocycles. The summed E-state index contributed by atoms with van der Waals surface area (Å²) in [6, 6.07) is 8.48. The maximum absolute atomic E-state index is 5.68. The van der Waals surface area contributed by atoms with Crippen LogP contribution < -0.4 is 4.74 Å². The molecule has 0 radical (unpaired) electrons. The van der Waals surface area contributed by atoms with E-state index in [1.807, 2.05) is 6.26 Å². The Morgan fingerprint density at radius 3 is 2.05 bits per heavy atom. The van der Waals surface area contributed by atoms with Crippen molar-refractivity contribution in [2.24, 2.45) is 0 Å². The first kappa shape index (κ1) is 18.7. The SMILES string of the molecule is CCCCCOc1ccc(C(C)(C)C)cc1.CSS. The highest BCUT2D eigenvalue weighted by Crippen LogP contribution is 2.24. The Morgan fingerprint density at radius 2 is 1.63 bits per heavy atom. The van der Waals surface area contributed by atoms with Crippen molar-refractivity contribution in [3.63, 3.8) is 0 Å². The second-order valence-electron chi connectivity index (χ2n) is 5.51. The standard InChI is InChI=1S/C15H24O.CH4S2/c1-5-6-7-12-16-14-10-8-13(9-11-14)15(2,3)4;1-3-2/h8-11H,5-7,12H2,1-4H3;2H,1H3. The van der Waals surface area contributed by atoms with Gasteiger partial charge in [-0.05, 0) is 35.8 Å². The van der Waals surface area contributed by atoms with E-state index in [4.69, 9.17) is 4.74 Å². The largest absolute Gasteiger partial charge is 0.494 e. The number of thiol groups is 1. The van der Waals surface area contributed by atoms with Crippen LogP contribution in [0.3, 0.4) is 0 Å². The van der Waals surface area contributed by atoms with E-state index in [9.17, 15) is 0 Å². The van der Waals surface area contributed by atoms with Crippen LogP contribution in [0.2, 0.25) is 0 Å². The van der Waals surface area contributed by atoms with Gasteiger partial charge in [-0.25, -0.2) is 0 Å². The van der Waals surface area contributed by atoms with Crippen LogP contribution in [-0.4, -0.2) is 12.9 Å². The molecule has 0 aliphatic rings. The Balaban J connectivity index is 0.000000982. The summed E-state index contributed by atoms with van der Waals surface area (Å²) in [6.07, 6.45) is 5.55. The molecular formula is C16H28OS2. The van der Waals surface area contributed by atoms with Crippen molar-refractivity contribution in [3.05, 3.63) is 29.8 Å². The molecule has 19 heavy (non-hydrogen) atoms. The molecule has 0 saturated heterocycles. The molecular weight excluding hydrogens is 272 g/mol. The van der Waals surface area contributed by atoms with Gasteiger partial charge in [0.05, 0.1) is 6.61 Å². The van der Waals surface area contributed by atoms with E-state index in [0.717, 1.165) is 18.8 Å². The molecule has 0 amide bonds. The van der Waals surface area contributed by atoms with Crippen LogP contribution in [0.4, 0.5) is 0 Å². The fourth-order valence-corrected chi connectivity index (χ4v) is 1.59. The topological polar surface area (TPSA) is 9.23 Å². The zero-order valence-corrected chi connectivity index (χ0v) is 14.6. The number of unbranched alkanes of at least 4 members (excludes halogenated alkanes) is 2. The fourth-order valence-electron chi connectivity index (χ4n) is 1.59. The monoisotopic (exact) mass is 300 g/mol. The Labute approximate surface area is 128 Å². The lowest BCUT2D eigenvalue weighted by Crippen LogP contribution is -2.10. The summed E-state index contributed by atoms with van der Waals surface area (Å²) in [5, 5.41) is 0. The van der Waals surface area contributed by atoms with Gasteiger partial charge in [-0.1, -0.05) is 52.7 Å². The zero-order chi connectivity index (χ0) is 14.7. The van der Waals surface area contributed by atoms with Crippen molar-refractivity contribution in [1.29, 1.82) is 0 Å². The van der Waals surface area contributed by atoms with E-state index < -0.39 is 0 Å². The molecule has 0 heterocycles. The third kappa shape index (κ3) is 9.28. The van der Waals surface area contributed by atoms with E-state index in [2.05, 4.69) is 63.6 Å². The van der Waals surface area contributed by atoms with Gasteiger partial charge in [0.1, 0.15) is 5.75 Å². The van der Waals surface area contributed by atoms with E-state index in [1.165, 1.54) is 29.2 Å². The Hall–Kier alpha value is -0.280. The van der Waals surface area contributed by atoms with Gasteiger partial charge in [-0.2, -0.15) is 0 Å². The Bertz CT molecular complexity index is 315. The minimum atomic E-state index is 0.223. The average molecular weight is 301 g/mol. The maximum atomic E-state index is 5.68. The summed E-state index contributed by atoms with van der Waals surface area (Å²) in [5.41, 5.74) is 1.58. The lowest BCUT2D eigenvalue weighted by Gasteiger charge is -2.19. The predicted octanol–water partition coefficient (Wildman–Crippen LogP) is 5.75. The number of hydrogen-bond donors (Lipinski definition) is 1. The van der Waals surface area contributed by atoms with Crippen molar-refractivity contribution in [1.82, 2.24) is 0 Å². The number of benzene rings is 1. The Kier molecular flexibility index (Phi) is 10.3. The van der Waals surface area contributed by atoms with Gasteiger partial charge < -0.3 is 4.74 Å². The fraction of sp³-hybridized carbons (Fsp3) is 0.625. The number of hydrogen-bond acceptors (Lipinski definition) is 3. The molecule has 0 bridgehead atoms. The number of rotatable bonds is 5. The quantitative estimate of drug-likeness (QED) is 0.421. The van der Waals surface area contributed by atoms with Crippen LogP contribution in [0, 0.1) is 0 Å². The van der Waals surface area contributed by atoms with E-state index in [-0.39, 0.29) is 5.41 Å². The molecule has 0 fully saturated rings. The lowest BCUT2D eigenvalue weighted by molar-refractivity contribution is 0.306. The second-order valence-corrected chi connectivity index (χ2v) is 6.97. The molecule has 110 valence electrons. The highest BCUT2D eigenvalue weighted by Gasteiger charge is 2.12. The summed E-state index contributed by atoms with van der Waals surface area (Å²) in [5.74, 6) is 0.990. The van der Waals surface area contributed by atoms with Crippen LogP contribution >= 0.6 is 22.5 Å². The van der Waals surface area contributed by atoms with Gasteiger partial charge in [-0.3, -0.25) is 0 Å². The van der Waals surface area contributed by atoms with Gasteiger partial charge in [0.15, 0.2) is 0 Å². The van der Waals surface area contributed by atoms with Crippen molar-refractivity contribution < 1.29 is 4.74 Å². The van der Waals surface area contributed by atoms with Gasteiger partial charge in [0, 0.05) is 0 Å². The minimum Gasteiger partial charge on any atom is -0.494 e. The van der Waals surface area contributed by atoms with E-state index in [1.54, 1.807) is 0 Å². The van der Waals surface area contributed by atoms with Crippen LogP contribution in [0.5, 0.6) is 5.75 Å².